The normalized spacial score (nSPS) is 21.9. The van der Waals surface area contributed by atoms with Crippen molar-refractivity contribution in [1.82, 2.24) is 10.4 Å². The van der Waals surface area contributed by atoms with Gasteiger partial charge in [0.05, 0.1) is 20.1 Å². The third-order valence-corrected chi connectivity index (χ3v) is 7.03. The van der Waals surface area contributed by atoms with Gasteiger partial charge in [0.1, 0.15) is 23.0 Å². The van der Waals surface area contributed by atoms with Crippen LogP contribution in [0, 0.1) is 5.41 Å². The van der Waals surface area contributed by atoms with E-state index in [2.05, 4.69) is 15.1 Å². The molecule has 2 rings (SSSR count). The fraction of sp³-hybridized carbons (Fsp3) is 0.667. The molecule has 1 amide bonds. The monoisotopic (exact) mass is 570 g/mol. The third kappa shape index (κ3) is 10.9. The van der Waals surface area contributed by atoms with Crippen molar-refractivity contribution in [3.8, 4) is 5.75 Å². The highest BCUT2D eigenvalue weighted by molar-refractivity contribution is 7.51. The van der Waals surface area contributed by atoms with E-state index in [-0.39, 0.29) is 31.6 Å². The Morgan fingerprint density at radius 3 is 2.23 bits per heavy atom. The molecule has 1 aliphatic rings. The molecule has 0 radical (unpaired) electrons. The van der Waals surface area contributed by atoms with Gasteiger partial charge >= 0.3 is 19.7 Å². The van der Waals surface area contributed by atoms with E-state index in [4.69, 9.17) is 18.5 Å². The van der Waals surface area contributed by atoms with Gasteiger partial charge in [0.2, 0.25) is 5.91 Å². The molecule has 1 aliphatic heterocycles. The average Bonchev–Trinajstić information content (AvgIpc) is 2.79. The van der Waals surface area contributed by atoms with E-state index in [1.807, 2.05) is 20.8 Å². The maximum absolute atomic E-state index is 13.7. The number of nitrogens with one attached hydrogen (secondary N) is 2. The smallest absolute Gasteiger partial charge is 0.407 e. The van der Waals surface area contributed by atoms with Gasteiger partial charge < -0.3 is 19.5 Å². The Labute approximate surface area is 231 Å². The van der Waals surface area contributed by atoms with Crippen LogP contribution in [-0.2, 0) is 43.9 Å². The van der Waals surface area contributed by atoms with Gasteiger partial charge in [-0.2, -0.15) is 0 Å². The van der Waals surface area contributed by atoms with Crippen molar-refractivity contribution in [2.45, 2.75) is 91.6 Å². The van der Waals surface area contributed by atoms with Crippen molar-refractivity contribution in [2.75, 3.05) is 20.3 Å². The zero-order valence-corrected chi connectivity index (χ0v) is 25.3. The summed E-state index contributed by atoms with van der Waals surface area (Å²) in [5.74, 6) is -1.02. The third-order valence-electron chi connectivity index (χ3n) is 5.45. The summed E-state index contributed by atoms with van der Waals surface area (Å²) in [6, 6.07) is 6.09. The van der Waals surface area contributed by atoms with Crippen molar-refractivity contribution >= 4 is 25.6 Å². The molecule has 0 aromatic heterocycles. The van der Waals surface area contributed by atoms with E-state index >= 15 is 0 Å². The summed E-state index contributed by atoms with van der Waals surface area (Å²) in [5, 5.41) is 5.32. The number of hydrogen-bond donors (Lipinski definition) is 2. The summed E-state index contributed by atoms with van der Waals surface area (Å²) in [5.41, 5.74) is -1.25. The summed E-state index contributed by atoms with van der Waals surface area (Å²) in [4.78, 5) is 37.4. The Bertz CT molecular complexity index is 1060. The fourth-order valence-corrected chi connectivity index (χ4v) is 5.56. The summed E-state index contributed by atoms with van der Waals surface area (Å²) >= 11 is 0. The Hall–Kier alpha value is -2.46. The quantitative estimate of drug-likeness (QED) is 0.314. The molecule has 0 bridgehead atoms. The van der Waals surface area contributed by atoms with Crippen LogP contribution in [0.4, 0.5) is 0 Å². The number of esters is 2. The second-order valence-corrected chi connectivity index (χ2v) is 13.9. The molecule has 0 aliphatic carbocycles. The van der Waals surface area contributed by atoms with E-state index in [1.54, 1.807) is 58.9 Å². The first-order valence-corrected chi connectivity index (χ1v) is 14.4. The zero-order chi connectivity index (χ0) is 29.6. The lowest BCUT2D eigenvalue weighted by molar-refractivity contribution is -0.157. The van der Waals surface area contributed by atoms with Gasteiger partial charge in [0, 0.05) is 12.0 Å². The van der Waals surface area contributed by atoms with Gasteiger partial charge in [-0.05, 0) is 65.7 Å². The Kier molecular flexibility index (Phi) is 10.8. The molecule has 11 nitrogen and oxygen atoms in total. The van der Waals surface area contributed by atoms with Crippen LogP contribution >= 0.6 is 7.75 Å². The van der Waals surface area contributed by atoms with Crippen LogP contribution in [0.15, 0.2) is 24.3 Å². The van der Waals surface area contributed by atoms with Crippen LogP contribution in [-0.4, -0.2) is 61.5 Å². The van der Waals surface area contributed by atoms with Gasteiger partial charge in [0.15, 0.2) is 6.10 Å². The van der Waals surface area contributed by atoms with E-state index in [0.29, 0.717) is 5.75 Å². The van der Waals surface area contributed by atoms with Gasteiger partial charge in [-0.15, -0.1) is 0 Å². The van der Waals surface area contributed by atoms with Crippen LogP contribution in [0.25, 0.3) is 0 Å². The van der Waals surface area contributed by atoms with Crippen LogP contribution in [0.1, 0.15) is 67.4 Å². The molecule has 1 saturated heterocycles. The standard InChI is InChI=1S/C27H43N2O9P/c1-25(2,3)36-19-12-10-18(11-13-19)16-20(24(32)37-26(4,5)6)29-39(33)35-17-27(7,8)22(38-39)23(31)28-15-14-21(30)34-9/h10-13,20,22H,14-17H2,1-9H3,(H,28,31)(H,29,33)/t20-,22-,39?/m0/s1. The molecule has 1 heterocycles. The highest BCUT2D eigenvalue weighted by Crippen LogP contribution is 2.53. The molecule has 3 atom stereocenters. The Morgan fingerprint density at radius 2 is 1.69 bits per heavy atom. The molecule has 1 aromatic carbocycles. The molecule has 39 heavy (non-hydrogen) atoms. The molecular formula is C27H43N2O9P. The maximum Gasteiger partial charge on any atom is 0.407 e. The number of amides is 1. The molecule has 1 fully saturated rings. The summed E-state index contributed by atoms with van der Waals surface area (Å²) < 4.78 is 41.0. The predicted octanol–water partition coefficient (Wildman–Crippen LogP) is 3.94. The first kappa shape index (κ1) is 32.8. The highest BCUT2D eigenvalue weighted by atomic mass is 31.2. The number of carbonyl (C=O) groups excluding carboxylic acids is 3. The maximum atomic E-state index is 13.7. The minimum Gasteiger partial charge on any atom is -0.488 e. The molecule has 0 spiro atoms. The van der Waals surface area contributed by atoms with Gasteiger partial charge in [-0.1, -0.05) is 26.0 Å². The van der Waals surface area contributed by atoms with E-state index in [1.165, 1.54) is 7.11 Å². The SMILES string of the molecule is COC(=O)CCNC(=O)[C@@H]1OP(=O)(N[C@@H](Cc2ccc(OC(C)(C)C)cc2)C(=O)OC(C)(C)C)OCC1(C)C. The topological polar surface area (TPSA) is 138 Å². The molecule has 1 unspecified atom stereocenters. The number of benzene rings is 1. The van der Waals surface area contributed by atoms with Crippen molar-refractivity contribution in [2.24, 2.45) is 5.41 Å². The molecule has 2 N–H and O–H groups in total. The van der Waals surface area contributed by atoms with E-state index in [9.17, 15) is 18.9 Å². The Morgan fingerprint density at radius 1 is 1.08 bits per heavy atom. The lowest BCUT2D eigenvalue weighted by Crippen LogP contribution is -2.52. The minimum atomic E-state index is -4.14. The first-order chi connectivity index (χ1) is 17.8. The average molecular weight is 571 g/mol. The minimum absolute atomic E-state index is 0.0233. The van der Waals surface area contributed by atoms with Gasteiger partial charge in [-0.3, -0.25) is 23.4 Å². The van der Waals surface area contributed by atoms with Crippen LogP contribution in [0.2, 0.25) is 0 Å². The molecule has 220 valence electrons. The first-order valence-electron chi connectivity index (χ1n) is 12.9. The zero-order valence-electron chi connectivity index (χ0n) is 24.4. The van der Waals surface area contributed by atoms with Gasteiger partial charge in [0.25, 0.3) is 0 Å². The lowest BCUT2D eigenvalue weighted by Gasteiger charge is -2.41. The largest absolute Gasteiger partial charge is 0.488 e. The van der Waals surface area contributed by atoms with Crippen molar-refractivity contribution in [1.29, 1.82) is 0 Å². The number of methoxy groups -OCH3 is 1. The van der Waals surface area contributed by atoms with Crippen LogP contribution in [0.5, 0.6) is 5.75 Å². The molecular weight excluding hydrogens is 527 g/mol. The fourth-order valence-electron chi connectivity index (χ4n) is 3.62. The summed E-state index contributed by atoms with van der Waals surface area (Å²) in [7, 11) is -2.88. The number of rotatable bonds is 10. The second-order valence-electron chi connectivity index (χ2n) is 12.1. The van der Waals surface area contributed by atoms with Crippen molar-refractivity contribution in [3.63, 3.8) is 0 Å². The predicted molar refractivity (Wildman–Crippen MR) is 145 cm³/mol. The molecule has 12 heteroatoms. The number of carbonyl (C=O) groups is 3. The molecule has 1 aromatic rings. The second kappa shape index (κ2) is 12.8. The van der Waals surface area contributed by atoms with E-state index < -0.39 is 48.8 Å². The lowest BCUT2D eigenvalue weighted by atomic mass is 9.87. The number of hydrogen-bond acceptors (Lipinski definition) is 9. The van der Waals surface area contributed by atoms with Gasteiger partial charge in [-0.25, -0.2) is 9.65 Å². The summed E-state index contributed by atoms with van der Waals surface area (Å²) in [6.07, 6.45) is -1.08. The summed E-state index contributed by atoms with van der Waals surface area (Å²) in [6.45, 7) is 14.4. The number of ether oxygens (including phenoxy) is 3. The highest BCUT2D eigenvalue weighted by Gasteiger charge is 2.49. The van der Waals surface area contributed by atoms with Crippen LogP contribution in [0.3, 0.4) is 0 Å². The van der Waals surface area contributed by atoms with Crippen molar-refractivity contribution < 1.29 is 42.2 Å². The van der Waals surface area contributed by atoms with E-state index in [0.717, 1.165) is 5.56 Å². The van der Waals surface area contributed by atoms with Crippen LogP contribution < -0.4 is 15.1 Å². The Balaban J connectivity index is 2.22. The molecule has 0 saturated carbocycles. The van der Waals surface area contributed by atoms with Crippen molar-refractivity contribution in [3.05, 3.63) is 29.8 Å².